The molecular formula is C11H18N2S. The second-order valence-electron chi connectivity index (χ2n) is 4.05. The number of piperidine rings is 1. The van der Waals surface area contributed by atoms with Crippen molar-refractivity contribution < 1.29 is 0 Å². The van der Waals surface area contributed by atoms with Gasteiger partial charge in [-0.05, 0) is 43.3 Å². The predicted octanol–water partition coefficient (Wildman–Crippen LogP) is 2.20. The van der Waals surface area contributed by atoms with Crippen LogP contribution >= 0.6 is 11.3 Å². The van der Waals surface area contributed by atoms with Crippen LogP contribution in [0.5, 0.6) is 0 Å². The number of aryl methyl sites for hydroxylation is 1. The number of hydrogen-bond donors (Lipinski definition) is 2. The summed E-state index contributed by atoms with van der Waals surface area (Å²) in [6.07, 6.45) is 3.83. The van der Waals surface area contributed by atoms with Gasteiger partial charge < -0.3 is 11.1 Å². The van der Waals surface area contributed by atoms with Gasteiger partial charge in [0, 0.05) is 10.9 Å². The van der Waals surface area contributed by atoms with Gasteiger partial charge in [-0.25, -0.2) is 0 Å². The molecule has 0 saturated carbocycles. The summed E-state index contributed by atoms with van der Waals surface area (Å²) in [5.41, 5.74) is 7.61. The van der Waals surface area contributed by atoms with Crippen molar-refractivity contribution >= 4 is 11.3 Å². The highest BCUT2D eigenvalue weighted by molar-refractivity contribution is 7.10. The van der Waals surface area contributed by atoms with Crippen molar-refractivity contribution in [3.63, 3.8) is 0 Å². The molecule has 1 fully saturated rings. The van der Waals surface area contributed by atoms with Crippen molar-refractivity contribution in [1.29, 1.82) is 0 Å². The lowest BCUT2D eigenvalue weighted by Gasteiger charge is -2.28. The van der Waals surface area contributed by atoms with Crippen LogP contribution in [0.4, 0.5) is 0 Å². The van der Waals surface area contributed by atoms with Crippen LogP contribution in [-0.2, 0) is 0 Å². The summed E-state index contributed by atoms with van der Waals surface area (Å²) >= 11 is 1.79. The van der Waals surface area contributed by atoms with Gasteiger partial charge >= 0.3 is 0 Å². The average molecular weight is 210 g/mol. The minimum absolute atomic E-state index is 0.190. The number of thiophene rings is 1. The van der Waals surface area contributed by atoms with E-state index in [9.17, 15) is 0 Å². The molecular weight excluding hydrogens is 192 g/mol. The zero-order chi connectivity index (χ0) is 9.97. The summed E-state index contributed by atoms with van der Waals surface area (Å²) in [5.74, 6) is 0. The molecule has 0 bridgehead atoms. The first-order valence-electron chi connectivity index (χ1n) is 5.32. The van der Waals surface area contributed by atoms with E-state index in [1.165, 1.54) is 29.7 Å². The number of rotatable bonds is 2. The minimum atomic E-state index is 0.190. The van der Waals surface area contributed by atoms with Crippen molar-refractivity contribution in [2.45, 2.75) is 38.3 Å². The second-order valence-corrected chi connectivity index (χ2v) is 5.00. The molecule has 14 heavy (non-hydrogen) atoms. The first kappa shape index (κ1) is 10.1. The molecule has 3 heteroatoms. The number of nitrogens with one attached hydrogen (secondary N) is 1. The summed E-state index contributed by atoms with van der Waals surface area (Å²) in [7, 11) is 0. The van der Waals surface area contributed by atoms with Crippen LogP contribution in [0, 0.1) is 6.92 Å². The molecule has 0 aromatic carbocycles. The Morgan fingerprint density at radius 3 is 3.00 bits per heavy atom. The highest BCUT2D eigenvalue weighted by atomic mass is 32.1. The van der Waals surface area contributed by atoms with Crippen LogP contribution in [0.15, 0.2) is 11.4 Å². The van der Waals surface area contributed by atoms with E-state index in [2.05, 4.69) is 23.7 Å². The molecule has 2 unspecified atom stereocenters. The van der Waals surface area contributed by atoms with Gasteiger partial charge in [0.05, 0.1) is 6.04 Å². The first-order valence-corrected chi connectivity index (χ1v) is 6.20. The molecule has 1 aliphatic heterocycles. The van der Waals surface area contributed by atoms with Crippen molar-refractivity contribution in [1.82, 2.24) is 5.32 Å². The highest BCUT2D eigenvalue weighted by Crippen LogP contribution is 2.27. The second kappa shape index (κ2) is 4.43. The SMILES string of the molecule is Cc1ccsc1C(N)C1CCCCN1. The number of nitrogens with two attached hydrogens (primary N) is 1. The monoisotopic (exact) mass is 210 g/mol. The maximum absolute atomic E-state index is 6.26. The summed E-state index contributed by atoms with van der Waals surface area (Å²) in [6.45, 7) is 3.28. The van der Waals surface area contributed by atoms with Crippen LogP contribution in [-0.4, -0.2) is 12.6 Å². The van der Waals surface area contributed by atoms with Crippen LogP contribution in [0.1, 0.15) is 35.7 Å². The van der Waals surface area contributed by atoms with Gasteiger partial charge in [0.25, 0.3) is 0 Å². The third-order valence-corrected chi connectivity index (χ3v) is 4.11. The molecule has 3 N–H and O–H groups in total. The Balaban J connectivity index is 2.07. The van der Waals surface area contributed by atoms with E-state index < -0.39 is 0 Å². The summed E-state index contributed by atoms with van der Waals surface area (Å²) in [4.78, 5) is 1.35. The maximum atomic E-state index is 6.26. The van der Waals surface area contributed by atoms with E-state index in [1.54, 1.807) is 11.3 Å². The molecule has 1 aromatic heterocycles. The van der Waals surface area contributed by atoms with Gasteiger partial charge in [-0.2, -0.15) is 0 Å². The molecule has 2 heterocycles. The highest BCUT2D eigenvalue weighted by Gasteiger charge is 2.22. The quantitative estimate of drug-likeness (QED) is 0.785. The van der Waals surface area contributed by atoms with Gasteiger partial charge in [-0.1, -0.05) is 6.42 Å². The van der Waals surface area contributed by atoms with Crippen LogP contribution in [0.3, 0.4) is 0 Å². The van der Waals surface area contributed by atoms with Gasteiger partial charge in [-0.15, -0.1) is 11.3 Å². The van der Waals surface area contributed by atoms with Gasteiger partial charge in [0.1, 0.15) is 0 Å². The fourth-order valence-electron chi connectivity index (χ4n) is 2.09. The fourth-order valence-corrected chi connectivity index (χ4v) is 3.09. The fraction of sp³-hybridized carbons (Fsp3) is 0.636. The minimum Gasteiger partial charge on any atom is -0.322 e. The van der Waals surface area contributed by atoms with Crippen LogP contribution in [0.25, 0.3) is 0 Å². The lowest BCUT2D eigenvalue weighted by atomic mass is 9.96. The largest absolute Gasteiger partial charge is 0.322 e. The molecule has 0 amide bonds. The predicted molar refractivity (Wildman–Crippen MR) is 61.6 cm³/mol. The molecule has 78 valence electrons. The van der Waals surface area contributed by atoms with Gasteiger partial charge in [0.2, 0.25) is 0 Å². The zero-order valence-electron chi connectivity index (χ0n) is 8.62. The average Bonchev–Trinajstić information content (AvgIpc) is 2.65. The standard InChI is InChI=1S/C11H18N2S/c1-8-5-7-14-11(8)10(12)9-4-2-3-6-13-9/h5,7,9-10,13H,2-4,6,12H2,1H3. The summed E-state index contributed by atoms with van der Waals surface area (Å²) in [5, 5.41) is 5.65. The Hall–Kier alpha value is -0.380. The lowest BCUT2D eigenvalue weighted by molar-refractivity contribution is 0.356. The van der Waals surface area contributed by atoms with E-state index in [0.717, 1.165) is 6.54 Å². The third kappa shape index (κ3) is 2.00. The Morgan fingerprint density at radius 2 is 2.43 bits per heavy atom. The molecule has 0 aliphatic carbocycles. The Kier molecular flexibility index (Phi) is 3.21. The molecule has 2 nitrogen and oxygen atoms in total. The molecule has 1 aromatic rings. The Labute approximate surface area is 89.5 Å². The smallest absolute Gasteiger partial charge is 0.0548 e. The molecule has 2 atom stereocenters. The molecule has 1 saturated heterocycles. The van der Waals surface area contributed by atoms with Crippen molar-refractivity contribution in [3.05, 3.63) is 21.9 Å². The number of hydrogen-bond acceptors (Lipinski definition) is 3. The van der Waals surface area contributed by atoms with E-state index in [0.29, 0.717) is 6.04 Å². The summed E-state index contributed by atoms with van der Waals surface area (Å²) < 4.78 is 0. The Morgan fingerprint density at radius 1 is 1.57 bits per heavy atom. The summed E-state index contributed by atoms with van der Waals surface area (Å²) in [6, 6.07) is 2.83. The normalized spacial score (nSPS) is 24.9. The van der Waals surface area contributed by atoms with Gasteiger partial charge in [-0.3, -0.25) is 0 Å². The third-order valence-electron chi connectivity index (χ3n) is 2.99. The lowest BCUT2D eigenvalue weighted by Crippen LogP contribution is -2.42. The van der Waals surface area contributed by atoms with Gasteiger partial charge in [0.15, 0.2) is 0 Å². The van der Waals surface area contributed by atoms with E-state index >= 15 is 0 Å². The van der Waals surface area contributed by atoms with Crippen molar-refractivity contribution in [3.8, 4) is 0 Å². The molecule has 1 aliphatic rings. The van der Waals surface area contributed by atoms with E-state index in [-0.39, 0.29) is 6.04 Å². The Bertz CT molecular complexity index is 289. The topological polar surface area (TPSA) is 38.0 Å². The maximum Gasteiger partial charge on any atom is 0.0548 e. The first-order chi connectivity index (χ1) is 6.79. The van der Waals surface area contributed by atoms with Crippen LogP contribution in [0.2, 0.25) is 0 Å². The van der Waals surface area contributed by atoms with E-state index in [4.69, 9.17) is 5.73 Å². The van der Waals surface area contributed by atoms with Crippen molar-refractivity contribution in [2.75, 3.05) is 6.54 Å². The zero-order valence-corrected chi connectivity index (χ0v) is 9.44. The van der Waals surface area contributed by atoms with E-state index in [1.807, 2.05) is 0 Å². The van der Waals surface area contributed by atoms with Crippen LogP contribution < -0.4 is 11.1 Å². The molecule has 0 spiro atoms. The molecule has 0 radical (unpaired) electrons. The molecule has 2 rings (SSSR count). The van der Waals surface area contributed by atoms with Crippen molar-refractivity contribution in [2.24, 2.45) is 5.73 Å².